The predicted molar refractivity (Wildman–Crippen MR) is 63.9 cm³/mol. The highest BCUT2D eigenvalue weighted by Gasteiger charge is 2.15. The predicted octanol–water partition coefficient (Wildman–Crippen LogP) is 1.26. The maximum absolute atomic E-state index is 11.5. The van der Waals surface area contributed by atoms with E-state index in [1.807, 2.05) is 39.1 Å². The molecule has 1 heterocycles. The van der Waals surface area contributed by atoms with Gasteiger partial charge in [0, 0.05) is 25.0 Å². The molecule has 0 aliphatic heterocycles. The van der Waals surface area contributed by atoms with Gasteiger partial charge in [0.15, 0.2) is 0 Å². The van der Waals surface area contributed by atoms with Crippen molar-refractivity contribution in [3.63, 3.8) is 0 Å². The zero-order chi connectivity index (χ0) is 12.0. The highest BCUT2D eigenvalue weighted by Crippen LogP contribution is 2.10. The van der Waals surface area contributed by atoms with Crippen molar-refractivity contribution in [2.75, 3.05) is 6.54 Å². The lowest BCUT2D eigenvalue weighted by Crippen LogP contribution is -2.43. The first-order valence-electron chi connectivity index (χ1n) is 5.58. The molecule has 0 saturated heterocycles. The van der Waals surface area contributed by atoms with Crippen molar-refractivity contribution in [2.45, 2.75) is 32.9 Å². The summed E-state index contributed by atoms with van der Waals surface area (Å²) in [5, 5.41) is 6.01. The van der Waals surface area contributed by atoms with E-state index < -0.39 is 0 Å². The number of carbonyl (C=O) groups is 1. The average molecular weight is 221 g/mol. The summed E-state index contributed by atoms with van der Waals surface area (Å²) in [4.78, 5) is 15.6. The number of pyridine rings is 1. The molecular formula is C12H19N3O. The number of carbonyl (C=O) groups excluding carboxylic acids is 1. The Balaban J connectivity index is 2.51. The number of likely N-dealkylation sites (N-methyl/N-ethyl adjacent to an activating group) is 1. The van der Waals surface area contributed by atoms with Crippen molar-refractivity contribution in [3.05, 3.63) is 30.1 Å². The summed E-state index contributed by atoms with van der Waals surface area (Å²) in [5.41, 5.74) is 1.08. The smallest absolute Gasteiger partial charge is 0.236 e. The van der Waals surface area contributed by atoms with Gasteiger partial charge in [-0.25, -0.2) is 0 Å². The molecule has 0 fully saturated rings. The minimum Gasteiger partial charge on any atom is -0.355 e. The van der Waals surface area contributed by atoms with Crippen LogP contribution in [0.2, 0.25) is 0 Å². The van der Waals surface area contributed by atoms with Crippen molar-refractivity contribution in [1.82, 2.24) is 15.6 Å². The summed E-state index contributed by atoms with van der Waals surface area (Å²) in [5.74, 6) is 0.0261. The maximum Gasteiger partial charge on any atom is 0.236 e. The molecule has 0 aromatic carbocycles. The SMILES string of the molecule is CCNC(=O)C(C)N[C@@H](C)c1cccnc1. The van der Waals surface area contributed by atoms with E-state index in [1.54, 1.807) is 6.20 Å². The summed E-state index contributed by atoms with van der Waals surface area (Å²) in [7, 11) is 0. The third-order valence-corrected chi connectivity index (χ3v) is 2.43. The van der Waals surface area contributed by atoms with Crippen LogP contribution in [0.3, 0.4) is 0 Å². The van der Waals surface area contributed by atoms with Crippen molar-refractivity contribution in [2.24, 2.45) is 0 Å². The molecule has 88 valence electrons. The van der Waals surface area contributed by atoms with Crippen molar-refractivity contribution >= 4 is 5.91 Å². The molecule has 2 atom stereocenters. The van der Waals surface area contributed by atoms with E-state index in [9.17, 15) is 4.79 Å². The third kappa shape index (κ3) is 3.62. The van der Waals surface area contributed by atoms with Gasteiger partial charge >= 0.3 is 0 Å². The van der Waals surface area contributed by atoms with Gasteiger partial charge in [-0.3, -0.25) is 15.1 Å². The fourth-order valence-electron chi connectivity index (χ4n) is 1.51. The monoisotopic (exact) mass is 221 g/mol. The summed E-state index contributed by atoms with van der Waals surface area (Å²) >= 11 is 0. The van der Waals surface area contributed by atoms with Crippen LogP contribution < -0.4 is 10.6 Å². The van der Waals surface area contributed by atoms with E-state index in [4.69, 9.17) is 0 Å². The van der Waals surface area contributed by atoms with E-state index in [-0.39, 0.29) is 18.0 Å². The summed E-state index contributed by atoms with van der Waals surface area (Å²) in [6, 6.07) is 3.81. The first-order chi connectivity index (χ1) is 7.65. The van der Waals surface area contributed by atoms with Crippen LogP contribution in [0.4, 0.5) is 0 Å². The topological polar surface area (TPSA) is 54.0 Å². The minimum atomic E-state index is -0.199. The zero-order valence-corrected chi connectivity index (χ0v) is 10.0. The second kappa shape index (κ2) is 6.23. The number of aromatic nitrogens is 1. The van der Waals surface area contributed by atoms with Crippen LogP contribution >= 0.6 is 0 Å². The minimum absolute atomic E-state index is 0.0261. The Hall–Kier alpha value is -1.42. The quantitative estimate of drug-likeness (QED) is 0.787. The Morgan fingerprint density at radius 3 is 2.81 bits per heavy atom. The third-order valence-electron chi connectivity index (χ3n) is 2.43. The van der Waals surface area contributed by atoms with Gasteiger partial charge in [0.25, 0.3) is 0 Å². The standard InChI is InChI=1S/C12H19N3O/c1-4-14-12(16)10(3)15-9(2)11-6-5-7-13-8-11/h5-10,15H,4H2,1-3H3,(H,14,16)/t9-,10?/m0/s1. The van der Waals surface area contributed by atoms with E-state index in [0.717, 1.165) is 5.56 Å². The van der Waals surface area contributed by atoms with E-state index in [1.165, 1.54) is 0 Å². The highest BCUT2D eigenvalue weighted by atomic mass is 16.2. The second-order valence-electron chi connectivity index (χ2n) is 3.79. The van der Waals surface area contributed by atoms with Crippen molar-refractivity contribution < 1.29 is 4.79 Å². The van der Waals surface area contributed by atoms with Gasteiger partial charge in [-0.15, -0.1) is 0 Å². The van der Waals surface area contributed by atoms with Crippen LogP contribution in [0.5, 0.6) is 0 Å². The maximum atomic E-state index is 11.5. The van der Waals surface area contributed by atoms with Crippen LogP contribution in [-0.4, -0.2) is 23.5 Å². The highest BCUT2D eigenvalue weighted by molar-refractivity contribution is 5.81. The van der Waals surface area contributed by atoms with E-state index >= 15 is 0 Å². The van der Waals surface area contributed by atoms with Crippen molar-refractivity contribution in [3.8, 4) is 0 Å². The van der Waals surface area contributed by atoms with E-state index in [0.29, 0.717) is 6.54 Å². The molecule has 1 aromatic rings. The summed E-state index contributed by atoms with van der Waals surface area (Å²) in [6.07, 6.45) is 3.55. The lowest BCUT2D eigenvalue weighted by molar-refractivity contribution is -0.122. The largest absolute Gasteiger partial charge is 0.355 e. The molecule has 1 aromatic heterocycles. The fourth-order valence-corrected chi connectivity index (χ4v) is 1.51. The second-order valence-corrected chi connectivity index (χ2v) is 3.79. The van der Waals surface area contributed by atoms with Crippen molar-refractivity contribution in [1.29, 1.82) is 0 Å². The molecule has 4 nitrogen and oxygen atoms in total. The Bertz CT molecular complexity index is 326. The zero-order valence-electron chi connectivity index (χ0n) is 10.0. The molecule has 1 amide bonds. The molecule has 0 saturated carbocycles. The van der Waals surface area contributed by atoms with Gasteiger partial charge in [-0.05, 0) is 32.4 Å². The lowest BCUT2D eigenvalue weighted by Gasteiger charge is -2.19. The molecule has 0 radical (unpaired) electrons. The van der Waals surface area contributed by atoms with Crippen LogP contribution in [-0.2, 0) is 4.79 Å². The number of hydrogen-bond acceptors (Lipinski definition) is 3. The molecule has 1 unspecified atom stereocenters. The Labute approximate surface area is 96.5 Å². The fraction of sp³-hybridized carbons (Fsp3) is 0.500. The van der Waals surface area contributed by atoms with Gasteiger partial charge in [0.2, 0.25) is 5.91 Å². The molecule has 0 aliphatic rings. The molecule has 0 aliphatic carbocycles. The van der Waals surface area contributed by atoms with Crippen LogP contribution in [0.1, 0.15) is 32.4 Å². The van der Waals surface area contributed by atoms with Gasteiger partial charge in [-0.2, -0.15) is 0 Å². The molecule has 4 heteroatoms. The molecule has 2 N–H and O–H groups in total. The molecule has 1 rings (SSSR count). The Morgan fingerprint density at radius 1 is 1.50 bits per heavy atom. The summed E-state index contributed by atoms with van der Waals surface area (Å²) < 4.78 is 0. The number of nitrogens with one attached hydrogen (secondary N) is 2. The Morgan fingerprint density at radius 2 is 2.25 bits per heavy atom. The number of nitrogens with zero attached hydrogens (tertiary/aromatic N) is 1. The van der Waals surface area contributed by atoms with Crippen LogP contribution in [0, 0.1) is 0 Å². The first kappa shape index (κ1) is 12.6. The van der Waals surface area contributed by atoms with Crippen LogP contribution in [0.15, 0.2) is 24.5 Å². The van der Waals surface area contributed by atoms with Gasteiger partial charge in [0.1, 0.15) is 0 Å². The first-order valence-corrected chi connectivity index (χ1v) is 5.58. The number of amides is 1. The molecule has 0 spiro atoms. The molecule has 16 heavy (non-hydrogen) atoms. The van der Waals surface area contributed by atoms with Gasteiger partial charge in [-0.1, -0.05) is 6.07 Å². The lowest BCUT2D eigenvalue weighted by atomic mass is 10.1. The van der Waals surface area contributed by atoms with Gasteiger partial charge < -0.3 is 5.32 Å². The number of hydrogen-bond donors (Lipinski definition) is 2. The van der Waals surface area contributed by atoms with E-state index in [2.05, 4.69) is 15.6 Å². The summed E-state index contributed by atoms with van der Waals surface area (Å²) in [6.45, 7) is 6.45. The Kier molecular flexibility index (Phi) is 4.92. The van der Waals surface area contributed by atoms with Crippen LogP contribution in [0.25, 0.3) is 0 Å². The molecular weight excluding hydrogens is 202 g/mol. The normalized spacial score (nSPS) is 14.2. The van der Waals surface area contributed by atoms with Gasteiger partial charge in [0.05, 0.1) is 6.04 Å². The number of rotatable bonds is 5. The molecule has 0 bridgehead atoms. The average Bonchev–Trinajstić information content (AvgIpc) is 2.30.